The van der Waals surface area contributed by atoms with Crippen molar-refractivity contribution in [2.45, 2.75) is 13.1 Å². The van der Waals surface area contributed by atoms with Crippen LogP contribution in [0.1, 0.15) is 12.5 Å². The molecule has 1 aromatic rings. The van der Waals surface area contributed by atoms with Gasteiger partial charge < -0.3 is 5.32 Å². The highest BCUT2D eigenvalue weighted by atomic mass is 35.5. The van der Waals surface area contributed by atoms with Gasteiger partial charge in [0.2, 0.25) is 5.91 Å². The molecule has 0 radical (unpaired) electrons. The second-order valence-corrected chi connectivity index (χ2v) is 3.97. The third-order valence-electron chi connectivity index (χ3n) is 2.09. The second-order valence-electron chi connectivity index (χ2n) is 3.57. The summed E-state index contributed by atoms with van der Waals surface area (Å²) in [4.78, 5) is 11.4. The van der Waals surface area contributed by atoms with Crippen LogP contribution in [0.25, 0.3) is 0 Å². The van der Waals surface area contributed by atoms with Crippen molar-refractivity contribution >= 4 is 23.2 Å². The molecule has 0 bridgehead atoms. The predicted octanol–water partition coefficient (Wildman–Crippen LogP) is 4.43. The Morgan fingerprint density at radius 1 is 1.32 bits per heavy atom. The fourth-order valence-corrected chi connectivity index (χ4v) is 1.48. The summed E-state index contributed by atoms with van der Waals surface area (Å²) in [5.41, 5.74) is -0.948. The van der Waals surface area contributed by atoms with Crippen molar-refractivity contribution in [3.8, 4) is 0 Å². The molecule has 0 aromatic heterocycles. The first kappa shape index (κ1) is 15.3. The summed E-state index contributed by atoms with van der Waals surface area (Å²) in [6.45, 7) is 1.77. The molecule has 0 aliphatic carbocycles. The molecule has 0 fully saturated rings. The Morgan fingerprint density at radius 2 is 2.00 bits per heavy atom. The molecule has 2 nitrogen and oxygen atoms in total. The molecule has 19 heavy (non-hydrogen) atoms. The van der Waals surface area contributed by atoms with Crippen molar-refractivity contribution in [1.29, 1.82) is 0 Å². The molecule has 1 rings (SSSR count). The van der Waals surface area contributed by atoms with Gasteiger partial charge in [-0.1, -0.05) is 29.8 Å². The number of halogens is 4. The summed E-state index contributed by atoms with van der Waals surface area (Å²) < 4.78 is 37.8. The summed E-state index contributed by atoms with van der Waals surface area (Å²) >= 11 is 5.46. The largest absolute Gasteiger partial charge is 0.417 e. The first-order valence-electron chi connectivity index (χ1n) is 5.31. The average molecular weight is 290 g/mol. The van der Waals surface area contributed by atoms with E-state index in [1.54, 1.807) is 19.1 Å². The Hall–Kier alpha value is -1.75. The highest BCUT2D eigenvalue weighted by molar-refractivity contribution is 6.31. The first-order valence-corrected chi connectivity index (χ1v) is 5.69. The molecule has 0 saturated heterocycles. The van der Waals surface area contributed by atoms with Crippen molar-refractivity contribution < 1.29 is 18.0 Å². The van der Waals surface area contributed by atoms with Gasteiger partial charge in [0.05, 0.1) is 10.6 Å². The lowest BCUT2D eigenvalue weighted by Crippen LogP contribution is -2.10. The normalized spacial score (nSPS) is 12.3. The second kappa shape index (κ2) is 6.43. The van der Waals surface area contributed by atoms with E-state index in [4.69, 9.17) is 11.6 Å². The number of rotatable bonds is 3. The van der Waals surface area contributed by atoms with Crippen molar-refractivity contribution in [2.75, 3.05) is 5.32 Å². The SMILES string of the molecule is C/C=C/C=C/C(=O)Nc1ccc(Cl)c(C(F)(F)F)c1. The first-order chi connectivity index (χ1) is 8.84. The molecule has 102 valence electrons. The van der Waals surface area contributed by atoms with Crippen LogP contribution in [0, 0.1) is 0 Å². The van der Waals surface area contributed by atoms with Gasteiger partial charge in [0.25, 0.3) is 0 Å². The fourth-order valence-electron chi connectivity index (χ4n) is 1.26. The van der Waals surface area contributed by atoms with Gasteiger partial charge in [-0.3, -0.25) is 4.79 Å². The molecule has 1 aromatic carbocycles. The summed E-state index contributed by atoms with van der Waals surface area (Å²) in [6.07, 6.45) is 1.48. The number of nitrogens with one attached hydrogen (secondary N) is 1. The smallest absolute Gasteiger partial charge is 0.322 e. The number of allylic oxidation sites excluding steroid dienone is 3. The minimum atomic E-state index is -4.56. The molecule has 0 saturated carbocycles. The zero-order valence-corrected chi connectivity index (χ0v) is 10.7. The molecule has 0 aliphatic rings. The van der Waals surface area contributed by atoms with Gasteiger partial charge in [0, 0.05) is 11.8 Å². The number of hydrogen-bond acceptors (Lipinski definition) is 1. The summed E-state index contributed by atoms with van der Waals surface area (Å²) in [6, 6.07) is 3.19. The average Bonchev–Trinajstić information content (AvgIpc) is 2.30. The number of hydrogen-bond donors (Lipinski definition) is 1. The van der Waals surface area contributed by atoms with Crippen LogP contribution in [0.2, 0.25) is 5.02 Å². The summed E-state index contributed by atoms with van der Waals surface area (Å²) in [7, 11) is 0. The van der Waals surface area contributed by atoms with Gasteiger partial charge >= 0.3 is 6.18 Å². The number of carbonyl (C=O) groups is 1. The highest BCUT2D eigenvalue weighted by Gasteiger charge is 2.33. The maximum atomic E-state index is 12.6. The van der Waals surface area contributed by atoms with Crippen molar-refractivity contribution in [1.82, 2.24) is 0 Å². The van der Waals surface area contributed by atoms with Crippen LogP contribution in [-0.4, -0.2) is 5.91 Å². The minimum absolute atomic E-state index is 0.0341. The number of alkyl halides is 3. The van der Waals surface area contributed by atoms with Crippen LogP contribution in [0.5, 0.6) is 0 Å². The van der Waals surface area contributed by atoms with E-state index in [1.807, 2.05) is 0 Å². The van der Waals surface area contributed by atoms with Crippen LogP contribution in [0.4, 0.5) is 18.9 Å². The Morgan fingerprint density at radius 3 is 2.58 bits per heavy atom. The molecule has 6 heteroatoms. The third kappa shape index (κ3) is 4.79. The van der Waals surface area contributed by atoms with E-state index in [0.717, 1.165) is 12.1 Å². The molecule has 1 amide bonds. The number of carbonyl (C=O) groups excluding carboxylic acids is 1. The van der Waals surface area contributed by atoms with E-state index in [0.29, 0.717) is 0 Å². The lowest BCUT2D eigenvalue weighted by molar-refractivity contribution is -0.137. The van der Waals surface area contributed by atoms with Crippen molar-refractivity contribution in [2.24, 2.45) is 0 Å². The predicted molar refractivity (Wildman–Crippen MR) is 69.0 cm³/mol. The molecule has 0 unspecified atom stereocenters. The van der Waals surface area contributed by atoms with E-state index in [2.05, 4.69) is 5.32 Å². The molecule has 0 atom stereocenters. The monoisotopic (exact) mass is 289 g/mol. The van der Waals surface area contributed by atoms with Gasteiger partial charge in [0.1, 0.15) is 0 Å². The van der Waals surface area contributed by atoms with Crippen LogP contribution in [0.15, 0.2) is 42.5 Å². The standard InChI is InChI=1S/C13H11ClF3NO/c1-2-3-4-5-12(19)18-9-6-7-11(14)10(8-9)13(15,16)17/h2-8H,1H3,(H,18,19)/b3-2+,5-4+. The summed E-state index contributed by atoms with van der Waals surface area (Å²) in [5, 5.41) is 1.91. The topological polar surface area (TPSA) is 29.1 Å². The van der Waals surface area contributed by atoms with E-state index >= 15 is 0 Å². The van der Waals surface area contributed by atoms with Gasteiger partial charge in [-0.2, -0.15) is 13.2 Å². The van der Waals surface area contributed by atoms with Crippen LogP contribution in [-0.2, 0) is 11.0 Å². The van der Waals surface area contributed by atoms with E-state index in [1.165, 1.54) is 18.2 Å². The third-order valence-corrected chi connectivity index (χ3v) is 2.42. The maximum absolute atomic E-state index is 12.6. The van der Waals surface area contributed by atoms with Crippen LogP contribution < -0.4 is 5.32 Å². The molecular formula is C13H11ClF3NO. The Kier molecular flexibility index (Phi) is 5.18. The highest BCUT2D eigenvalue weighted by Crippen LogP contribution is 2.36. The van der Waals surface area contributed by atoms with Crippen molar-refractivity contribution in [3.63, 3.8) is 0 Å². The lowest BCUT2D eigenvalue weighted by Gasteiger charge is -2.11. The Balaban J connectivity index is 2.89. The Bertz CT molecular complexity index is 521. The number of amides is 1. The van der Waals surface area contributed by atoms with Gasteiger partial charge in [0.15, 0.2) is 0 Å². The van der Waals surface area contributed by atoms with Gasteiger partial charge in [-0.05, 0) is 25.1 Å². The molecule has 0 heterocycles. The van der Waals surface area contributed by atoms with E-state index < -0.39 is 22.7 Å². The van der Waals surface area contributed by atoms with Gasteiger partial charge in [-0.15, -0.1) is 0 Å². The number of anilines is 1. The Labute approximate surface area is 113 Å². The molecule has 0 spiro atoms. The number of benzene rings is 1. The van der Waals surface area contributed by atoms with E-state index in [-0.39, 0.29) is 5.69 Å². The van der Waals surface area contributed by atoms with Crippen LogP contribution >= 0.6 is 11.6 Å². The van der Waals surface area contributed by atoms with Crippen molar-refractivity contribution in [3.05, 3.63) is 53.1 Å². The quantitative estimate of drug-likeness (QED) is 0.647. The zero-order valence-electron chi connectivity index (χ0n) is 9.96. The van der Waals surface area contributed by atoms with E-state index in [9.17, 15) is 18.0 Å². The molecular weight excluding hydrogens is 279 g/mol. The lowest BCUT2D eigenvalue weighted by atomic mass is 10.2. The zero-order chi connectivity index (χ0) is 14.5. The summed E-state index contributed by atoms with van der Waals surface area (Å²) in [5.74, 6) is -0.520. The molecule has 0 aliphatic heterocycles. The maximum Gasteiger partial charge on any atom is 0.417 e. The molecule has 1 N–H and O–H groups in total. The van der Waals surface area contributed by atoms with Crippen LogP contribution in [0.3, 0.4) is 0 Å². The van der Waals surface area contributed by atoms with Gasteiger partial charge in [-0.25, -0.2) is 0 Å². The minimum Gasteiger partial charge on any atom is -0.322 e. The fraction of sp³-hybridized carbons (Fsp3) is 0.154.